The standard InChI is InChI=1S/C15H33N3O2S/c1-13(2)16-11-8-12-18(4)21(19,20)17-14(3)15-9-6-5-7-10-15/h13-17H,5-12H2,1-4H3. The highest BCUT2D eigenvalue weighted by molar-refractivity contribution is 7.87. The molecule has 0 bridgehead atoms. The molecule has 1 atom stereocenters. The van der Waals surface area contributed by atoms with Gasteiger partial charge in [-0.05, 0) is 38.6 Å². The first kappa shape index (κ1) is 18.9. The predicted molar refractivity (Wildman–Crippen MR) is 88.5 cm³/mol. The summed E-state index contributed by atoms with van der Waals surface area (Å²) in [6.07, 6.45) is 6.87. The highest BCUT2D eigenvalue weighted by atomic mass is 32.2. The van der Waals surface area contributed by atoms with E-state index in [-0.39, 0.29) is 6.04 Å². The van der Waals surface area contributed by atoms with Crippen molar-refractivity contribution in [2.45, 2.75) is 71.4 Å². The van der Waals surface area contributed by atoms with E-state index in [9.17, 15) is 8.42 Å². The number of nitrogens with one attached hydrogen (secondary N) is 2. The van der Waals surface area contributed by atoms with Gasteiger partial charge in [-0.1, -0.05) is 33.1 Å². The van der Waals surface area contributed by atoms with Crippen LogP contribution in [-0.2, 0) is 10.2 Å². The first-order valence-corrected chi connectivity index (χ1v) is 9.74. The molecule has 0 amide bonds. The molecule has 0 aromatic rings. The maximum absolute atomic E-state index is 12.3. The molecule has 0 aliphatic heterocycles. The molecule has 5 nitrogen and oxygen atoms in total. The molecule has 1 fully saturated rings. The second-order valence-corrected chi connectivity index (χ2v) is 8.40. The fourth-order valence-corrected chi connectivity index (χ4v) is 4.08. The zero-order chi connectivity index (χ0) is 15.9. The second kappa shape index (κ2) is 9.08. The summed E-state index contributed by atoms with van der Waals surface area (Å²) in [4.78, 5) is 0. The van der Waals surface area contributed by atoms with Crippen molar-refractivity contribution in [3.8, 4) is 0 Å². The molecular weight excluding hydrogens is 286 g/mol. The Kier molecular flexibility index (Phi) is 8.16. The van der Waals surface area contributed by atoms with E-state index in [1.807, 2.05) is 6.92 Å². The van der Waals surface area contributed by atoms with E-state index in [0.717, 1.165) is 25.8 Å². The lowest BCUT2D eigenvalue weighted by molar-refractivity contribution is 0.298. The highest BCUT2D eigenvalue weighted by Gasteiger charge is 2.26. The van der Waals surface area contributed by atoms with E-state index in [1.54, 1.807) is 7.05 Å². The van der Waals surface area contributed by atoms with Crippen LogP contribution < -0.4 is 10.0 Å². The Balaban J connectivity index is 2.36. The predicted octanol–water partition coefficient (Wildman–Crippen LogP) is 2.11. The Morgan fingerprint density at radius 1 is 1.14 bits per heavy atom. The smallest absolute Gasteiger partial charge is 0.279 e. The Morgan fingerprint density at radius 2 is 1.76 bits per heavy atom. The van der Waals surface area contributed by atoms with Crippen molar-refractivity contribution in [1.29, 1.82) is 0 Å². The summed E-state index contributed by atoms with van der Waals surface area (Å²) >= 11 is 0. The minimum absolute atomic E-state index is 0.0338. The van der Waals surface area contributed by atoms with Crippen LogP contribution in [0, 0.1) is 5.92 Å². The van der Waals surface area contributed by atoms with Gasteiger partial charge < -0.3 is 5.32 Å². The van der Waals surface area contributed by atoms with Crippen molar-refractivity contribution in [3.05, 3.63) is 0 Å². The van der Waals surface area contributed by atoms with Crippen molar-refractivity contribution in [3.63, 3.8) is 0 Å². The number of hydrogen-bond acceptors (Lipinski definition) is 3. The molecule has 1 aliphatic carbocycles. The average Bonchev–Trinajstić information content (AvgIpc) is 2.43. The van der Waals surface area contributed by atoms with Gasteiger partial charge in [0.05, 0.1) is 0 Å². The third-order valence-corrected chi connectivity index (χ3v) is 5.98. The fourth-order valence-electron chi connectivity index (χ4n) is 2.87. The Morgan fingerprint density at radius 3 is 2.33 bits per heavy atom. The van der Waals surface area contributed by atoms with Gasteiger partial charge in [-0.15, -0.1) is 0 Å². The molecule has 21 heavy (non-hydrogen) atoms. The lowest BCUT2D eigenvalue weighted by Crippen LogP contribution is -2.46. The maximum atomic E-state index is 12.3. The highest BCUT2D eigenvalue weighted by Crippen LogP contribution is 2.26. The molecule has 0 spiro atoms. The molecule has 0 radical (unpaired) electrons. The normalized spacial score (nSPS) is 19.3. The topological polar surface area (TPSA) is 61.4 Å². The van der Waals surface area contributed by atoms with Crippen LogP contribution in [-0.4, -0.2) is 44.9 Å². The molecule has 1 saturated carbocycles. The monoisotopic (exact) mass is 319 g/mol. The van der Waals surface area contributed by atoms with Gasteiger partial charge in [-0.25, -0.2) is 0 Å². The van der Waals surface area contributed by atoms with E-state index < -0.39 is 10.2 Å². The van der Waals surface area contributed by atoms with Crippen LogP contribution in [0.3, 0.4) is 0 Å². The summed E-state index contributed by atoms with van der Waals surface area (Å²) in [5, 5.41) is 3.30. The Hall–Kier alpha value is -0.170. The third-order valence-electron chi connectivity index (χ3n) is 4.30. The van der Waals surface area contributed by atoms with E-state index in [0.29, 0.717) is 18.5 Å². The van der Waals surface area contributed by atoms with Crippen LogP contribution in [0.15, 0.2) is 0 Å². The lowest BCUT2D eigenvalue weighted by atomic mass is 9.85. The van der Waals surface area contributed by atoms with Crippen LogP contribution in [0.5, 0.6) is 0 Å². The van der Waals surface area contributed by atoms with Gasteiger partial charge in [-0.2, -0.15) is 17.4 Å². The number of hydrogen-bond donors (Lipinski definition) is 2. The zero-order valence-corrected chi connectivity index (χ0v) is 14.9. The molecule has 126 valence electrons. The molecule has 1 aliphatic rings. The SMILES string of the molecule is CC(C)NCCCN(C)S(=O)(=O)NC(C)C1CCCCC1. The third kappa shape index (κ3) is 7.08. The van der Waals surface area contributed by atoms with E-state index >= 15 is 0 Å². The van der Waals surface area contributed by atoms with Gasteiger partial charge in [-0.3, -0.25) is 0 Å². The molecule has 0 aromatic heterocycles. The maximum Gasteiger partial charge on any atom is 0.279 e. The molecule has 1 unspecified atom stereocenters. The van der Waals surface area contributed by atoms with Crippen LogP contribution in [0.1, 0.15) is 59.3 Å². The summed E-state index contributed by atoms with van der Waals surface area (Å²) in [5.74, 6) is 0.490. The van der Waals surface area contributed by atoms with E-state index in [2.05, 4.69) is 23.9 Å². The minimum Gasteiger partial charge on any atom is -0.314 e. The van der Waals surface area contributed by atoms with E-state index in [4.69, 9.17) is 0 Å². The van der Waals surface area contributed by atoms with Crippen molar-refractivity contribution in [1.82, 2.24) is 14.3 Å². The van der Waals surface area contributed by atoms with E-state index in [1.165, 1.54) is 23.6 Å². The average molecular weight is 320 g/mol. The van der Waals surface area contributed by atoms with Gasteiger partial charge in [0.15, 0.2) is 0 Å². The summed E-state index contributed by atoms with van der Waals surface area (Å²) in [6, 6.07) is 0.475. The van der Waals surface area contributed by atoms with Crippen LogP contribution in [0.4, 0.5) is 0 Å². The summed E-state index contributed by atoms with van der Waals surface area (Å²) in [5.41, 5.74) is 0. The first-order valence-electron chi connectivity index (χ1n) is 8.30. The number of nitrogens with zero attached hydrogens (tertiary/aromatic N) is 1. The number of rotatable bonds is 9. The fraction of sp³-hybridized carbons (Fsp3) is 1.00. The largest absolute Gasteiger partial charge is 0.314 e. The van der Waals surface area contributed by atoms with Crippen LogP contribution >= 0.6 is 0 Å². The summed E-state index contributed by atoms with van der Waals surface area (Å²) in [6.45, 7) is 7.57. The molecule has 1 rings (SSSR count). The quantitative estimate of drug-likeness (QED) is 0.640. The van der Waals surface area contributed by atoms with Crippen LogP contribution in [0.25, 0.3) is 0 Å². The van der Waals surface area contributed by atoms with Gasteiger partial charge in [0.2, 0.25) is 0 Å². The van der Waals surface area contributed by atoms with Gasteiger partial charge in [0.1, 0.15) is 0 Å². The lowest BCUT2D eigenvalue weighted by Gasteiger charge is -2.29. The van der Waals surface area contributed by atoms with Crippen LogP contribution in [0.2, 0.25) is 0 Å². The molecule has 6 heteroatoms. The minimum atomic E-state index is -3.35. The van der Waals surface area contributed by atoms with Crippen molar-refractivity contribution in [2.24, 2.45) is 5.92 Å². The molecule has 0 saturated heterocycles. The van der Waals surface area contributed by atoms with Gasteiger partial charge in [0.25, 0.3) is 10.2 Å². The molecule has 0 aromatic carbocycles. The Bertz CT molecular complexity index is 378. The summed E-state index contributed by atoms with van der Waals surface area (Å²) < 4.78 is 28.9. The first-order chi connectivity index (χ1) is 9.83. The van der Waals surface area contributed by atoms with Crippen molar-refractivity contribution in [2.75, 3.05) is 20.1 Å². The zero-order valence-electron chi connectivity index (χ0n) is 14.1. The molecular formula is C15H33N3O2S. The molecule has 0 heterocycles. The molecule has 2 N–H and O–H groups in total. The van der Waals surface area contributed by atoms with Crippen molar-refractivity contribution >= 4 is 10.2 Å². The Labute approximate surface area is 131 Å². The van der Waals surface area contributed by atoms with Crippen molar-refractivity contribution < 1.29 is 8.42 Å². The van der Waals surface area contributed by atoms with Gasteiger partial charge >= 0.3 is 0 Å². The van der Waals surface area contributed by atoms with Gasteiger partial charge in [0, 0.05) is 25.7 Å². The second-order valence-electron chi connectivity index (χ2n) is 6.59. The summed E-state index contributed by atoms with van der Waals surface area (Å²) in [7, 11) is -1.70.